The third-order valence-electron chi connectivity index (χ3n) is 6.59. The van der Waals surface area contributed by atoms with E-state index in [0.29, 0.717) is 19.0 Å². The average Bonchev–Trinajstić information content (AvgIpc) is 2.84. The number of benzene rings is 1. The highest BCUT2D eigenvalue weighted by molar-refractivity contribution is 5.74. The van der Waals surface area contributed by atoms with Gasteiger partial charge in [-0.3, -0.25) is 4.79 Å². The minimum atomic E-state index is -0.988. The summed E-state index contributed by atoms with van der Waals surface area (Å²) in [5.41, 5.74) is 2.18. The predicted molar refractivity (Wildman–Crippen MR) is 132 cm³/mol. The number of piperidine rings is 1. The average molecular weight is 477 g/mol. The van der Waals surface area contributed by atoms with Gasteiger partial charge in [0.1, 0.15) is 0 Å². The molecule has 1 aromatic carbocycles. The molecule has 1 aromatic rings. The quantitative estimate of drug-likeness (QED) is 0.269. The molecule has 0 unspecified atom stereocenters. The fraction of sp³-hybridized carbons (Fsp3) is 0.640. The number of rotatable bonds is 9. The van der Waals surface area contributed by atoms with Crippen LogP contribution in [0.4, 0.5) is 15.3 Å². The Morgan fingerprint density at radius 2 is 1.62 bits per heavy atom. The number of amides is 3. The summed E-state index contributed by atoms with van der Waals surface area (Å²) in [5, 5.41) is 24.6. The molecule has 1 saturated carbocycles. The van der Waals surface area contributed by atoms with Crippen LogP contribution in [0.1, 0.15) is 63.4 Å². The number of anilines is 1. The van der Waals surface area contributed by atoms with Gasteiger partial charge >= 0.3 is 12.1 Å². The standard InChI is InChI=1S/C24H38N4O3.CH2O2/c29-23(25-15-4-7-19-5-2-1-3-6-19)28-17-13-22(14-18-28)27-21-10-8-20(9-11-21)12-16-26-24(30)31;2-1-3/h8-11,19,22,26-27H,1-7,12-18H2,(H,25,29)(H,30,31);1H,(H,2,3). The van der Waals surface area contributed by atoms with E-state index < -0.39 is 6.09 Å². The number of carbonyl (C=O) groups is 3. The highest BCUT2D eigenvalue weighted by atomic mass is 16.4. The van der Waals surface area contributed by atoms with Crippen molar-refractivity contribution in [2.45, 2.75) is 70.3 Å². The molecule has 0 spiro atoms. The number of nitrogens with one attached hydrogen (secondary N) is 3. The summed E-state index contributed by atoms with van der Waals surface area (Å²) in [4.78, 5) is 33.2. The van der Waals surface area contributed by atoms with Crippen LogP contribution in [-0.4, -0.2) is 65.9 Å². The highest BCUT2D eigenvalue weighted by Crippen LogP contribution is 2.27. The van der Waals surface area contributed by atoms with Gasteiger partial charge in [0.2, 0.25) is 0 Å². The normalized spacial score (nSPS) is 16.6. The van der Waals surface area contributed by atoms with E-state index in [1.165, 1.54) is 38.5 Å². The zero-order chi connectivity index (χ0) is 24.6. The van der Waals surface area contributed by atoms with E-state index in [0.717, 1.165) is 56.1 Å². The Morgan fingerprint density at radius 1 is 0.971 bits per heavy atom. The van der Waals surface area contributed by atoms with Gasteiger partial charge in [-0.25, -0.2) is 9.59 Å². The summed E-state index contributed by atoms with van der Waals surface area (Å²) in [6.45, 7) is 2.53. The van der Waals surface area contributed by atoms with Gasteiger partial charge in [-0.1, -0.05) is 44.2 Å². The number of urea groups is 1. The largest absolute Gasteiger partial charge is 0.483 e. The minimum Gasteiger partial charge on any atom is -0.483 e. The molecular weight excluding hydrogens is 436 g/mol. The molecule has 190 valence electrons. The number of hydrogen-bond donors (Lipinski definition) is 5. The molecule has 0 atom stereocenters. The zero-order valence-corrected chi connectivity index (χ0v) is 20.0. The van der Waals surface area contributed by atoms with Gasteiger partial charge in [0.15, 0.2) is 0 Å². The lowest BCUT2D eigenvalue weighted by atomic mass is 9.86. The summed E-state index contributed by atoms with van der Waals surface area (Å²) in [6.07, 6.45) is 10.8. The first-order valence-corrected chi connectivity index (χ1v) is 12.4. The third kappa shape index (κ3) is 10.8. The second-order valence-electron chi connectivity index (χ2n) is 9.07. The summed E-state index contributed by atoms with van der Waals surface area (Å²) in [6, 6.07) is 8.60. The van der Waals surface area contributed by atoms with Crippen LogP contribution in [0.2, 0.25) is 0 Å². The predicted octanol–water partition coefficient (Wildman–Crippen LogP) is 4.14. The molecule has 0 bridgehead atoms. The molecule has 1 aliphatic carbocycles. The van der Waals surface area contributed by atoms with Crippen molar-refractivity contribution in [2.75, 3.05) is 31.5 Å². The van der Waals surface area contributed by atoms with E-state index in [4.69, 9.17) is 15.0 Å². The van der Waals surface area contributed by atoms with Gasteiger partial charge < -0.3 is 31.1 Å². The number of carbonyl (C=O) groups excluding carboxylic acids is 1. The molecular formula is C25H40N4O5. The van der Waals surface area contributed by atoms with E-state index in [1.54, 1.807) is 0 Å². The summed E-state index contributed by atoms with van der Waals surface area (Å²) < 4.78 is 0. The molecule has 0 aromatic heterocycles. The van der Waals surface area contributed by atoms with Crippen molar-refractivity contribution in [3.63, 3.8) is 0 Å². The van der Waals surface area contributed by atoms with Gasteiger partial charge in [-0.05, 0) is 55.7 Å². The summed E-state index contributed by atoms with van der Waals surface area (Å²) >= 11 is 0. The van der Waals surface area contributed by atoms with Gasteiger partial charge in [-0.15, -0.1) is 0 Å². The molecule has 2 fully saturated rings. The highest BCUT2D eigenvalue weighted by Gasteiger charge is 2.22. The van der Waals surface area contributed by atoms with Crippen LogP contribution in [0.25, 0.3) is 0 Å². The smallest absolute Gasteiger partial charge is 0.404 e. The number of hydrogen-bond acceptors (Lipinski definition) is 4. The topological polar surface area (TPSA) is 131 Å². The van der Waals surface area contributed by atoms with Crippen LogP contribution in [0.15, 0.2) is 24.3 Å². The lowest BCUT2D eigenvalue weighted by Gasteiger charge is -2.33. The van der Waals surface area contributed by atoms with Crippen LogP contribution in [-0.2, 0) is 11.2 Å². The molecule has 34 heavy (non-hydrogen) atoms. The first-order valence-electron chi connectivity index (χ1n) is 12.4. The van der Waals surface area contributed by atoms with E-state index in [1.807, 2.05) is 29.2 Å². The first-order chi connectivity index (χ1) is 16.5. The molecule has 1 heterocycles. The molecule has 1 saturated heterocycles. The van der Waals surface area contributed by atoms with E-state index in [-0.39, 0.29) is 12.5 Å². The number of nitrogens with zero attached hydrogens (tertiary/aromatic N) is 1. The Morgan fingerprint density at radius 3 is 2.24 bits per heavy atom. The monoisotopic (exact) mass is 476 g/mol. The molecule has 1 aliphatic heterocycles. The Balaban J connectivity index is 0.00000129. The fourth-order valence-corrected chi connectivity index (χ4v) is 4.72. The number of carboxylic acid groups (broad SMARTS) is 2. The van der Waals surface area contributed by atoms with E-state index in [9.17, 15) is 9.59 Å². The van der Waals surface area contributed by atoms with Gasteiger partial charge in [0.05, 0.1) is 0 Å². The third-order valence-corrected chi connectivity index (χ3v) is 6.59. The van der Waals surface area contributed by atoms with Crippen LogP contribution >= 0.6 is 0 Å². The second-order valence-corrected chi connectivity index (χ2v) is 9.07. The molecule has 0 radical (unpaired) electrons. The maximum atomic E-state index is 12.4. The first kappa shape index (κ1) is 27.3. The fourth-order valence-electron chi connectivity index (χ4n) is 4.72. The van der Waals surface area contributed by atoms with Crippen molar-refractivity contribution < 1.29 is 24.6 Å². The lowest BCUT2D eigenvalue weighted by molar-refractivity contribution is -0.122. The Labute approximate surface area is 202 Å². The van der Waals surface area contributed by atoms with Gasteiger partial charge in [-0.2, -0.15) is 0 Å². The maximum Gasteiger partial charge on any atom is 0.404 e. The molecule has 9 heteroatoms. The maximum absolute atomic E-state index is 12.4. The zero-order valence-electron chi connectivity index (χ0n) is 20.0. The summed E-state index contributed by atoms with van der Waals surface area (Å²) in [5.74, 6) is 0.878. The molecule has 9 nitrogen and oxygen atoms in total. The lowest BCUT2D eigenvalue weighted by Crippen LogP contribution is -2.47. The van der Waals surface area contributed by atoms with E-state index in [2.05, 4.69) is 16.0 Å². The minimum absolute atomic E-state index is 0.0846. The van der Waals surface area contributed by atoms with Crippen molar-refractivity contribution in [1.82, 2.24) is 15.5 Å². The molecule has 3 rings (SSSR count). The Bertz CT molecular complexity index is 729. The van der Waals surface area contributed by atoms with Crippen molar-refractivity contribution in [3.8, 4) is 0 Å². The van der Waals surface area contributed by atoms with E-state index >= 15 is 0 Å². The van der Waals surface area contributed by atoms with Crippen molar-refractivity contribution in [3.05, 3.63) is 29.8 Å². The molecule has 2 aliphatic rings. The van der Waals surface area contributed by atoms with Crippen LogP contribution in [0, 0.1) is 5.92 Å². The van der Waals surface area contributed by atoms with Crippen molar-refractivity contribution in [1.29, 1.82) is 0 Å². The van der Waals surface area contributed by atoms with Gasteiger partial charge in [0.25, 0.3) is 6.47 Å². The molecule has 3 amide bonds. The SMILES string of the molecule is O=C(O)NCCc1ccc(NC2CCN(C(=O)NCCCC3CCCCC3)CC2)cc1.O=CO. The van der Waals surface area contributed by atoms with Crippen LogP contribution in [0.5, 0.6) is 0 Å². The van der Waals surface area contributed by atoms with Crippen LogP contribution < -0.4 is 16.0 Å². The van der Waals surface area contributed by atoms with Crippen molar-refractivity contribution >= 4 is 24.3 Å². The van der Waals surface area contributed by atoms with Gasteiger partial charge in [0, 0.05) is 37.9 Å². The van der Waals surface area contributed by atoms with Crippen molar-refractivity contribution in [2.24, 2.45) is 5.92 Å². The molecule has 5 N–H and O–H groups in total. The Kier molecular flexibility index (Phi) is 12.7. The number of likely N-dealkylation sites (tertiary alicyclic amines) is 1. The Hall–Kier alpha value is -2.97. The summed E-state index contributed by atoms with van der Waals surface area (Å²) in [7, 11) is 0. The van der Waals surface area contributed by atoms with Crippen LogP contribution in [0.3, 0.4) is 0 Å². The second kappa shape index (κ2) is 15.8.